The smallest absolute Gasteiger partial charge is 0.255 e. The molecule has 2 rings (SSSR count). The van der Waals surface area contributed by atoms with E-state index in [1.54, 1.807) is 24.5 Å². The number of halogens is 1. The van der Waals surface area contributed by atoms with Crippen molar-refractivity contribution >= 4 is 34.0 Å². The molecule has 0 aliphatic carbocycles. The number of nitrogens with two attached hydrogens (primary N) is 2. The Hall–Kier alpha value is -2.55. The number of nitrogen functional groups attached to an aromatic ring is 1. The summed E-state index contributed by atoms with van der Waals surface area (Å²) in [5.74, 6) is 0.556. The molecule has 0 unspecified atom stereocenters. The second-order valence-corrected chi connectivity index (χ2v) is 5.47. The van der Waals surface area contributed by atoms with E-state index in [4.69, 9.17) is 20.9 Å². The summed E-state index contributed by atoms with van der Waals surface area (Å²) in [7, 11) is 1.50. The number of aryl methyl sites for hydroxylation is 1. The number of aromatic nitrogens is 2. The summed E-state index contributed by atoms with van der Waals surface area (Å²) in [5, 5.41) is 4.23. The molecule has 1 amide bonds. The molecule has 9 heteroatoms. The van der Waals surface area contributed by atoms with Crippen LogP contribution in [-0.2, 0) is 4.79 Å². The third kappa shape index (κ3) is 4.22. The first-order valence-electron chi connectivity index (χ1n) is 6.55. The molecule has 122 valence electrons. The number of hydrogen-bond acceptors (Lipinski definition) is 6. The van der Waals surface area contributed by atoms with Crippen LogP contribution in [0.25, 0.3) is 0 Å². The zero-order valence-electron chi connectivity index (χ0n) is 12.6. The van der Waals surface area contributed by atoms with Crippen molar-refractivity contribution in [3.63, 3.8) is 0 Å². The van der Waals surface area contributed by atoms with Gasteiger partial charge in [0, 0.05) is 0 Å². The molecule has 8 nitrogen and oxygen atoms in total. The van der Waals surface area contributed by atoms with E-state index in [1.807, 2.05) is 6.92 Å². The zero-order chi connectivity index (χ0) is 17.0. The van der Waals surface area contributed by atoms with Crippen LogP contribution in [-0.4, -0.2) is 35.5 Å². The highest BCUT2D eigenvalue weighted by molar-refractivity contribution is 9.10. The Kier molecular flexibility index (Phi) is 5.22. The predicted molar refractivity (Wildman–Crippen MR) is 89.8 cm³/mol. The van der Waals surface area contributed by atoms with E-state index < -0.39 is 5.91 Å². The molecule has 0 aliphatic heterocycles. The standard InChI is InChI=1S/C14H16BrN5O3/c1-8-6-20(14(17)19-8)18-5-9-3-10(15)13(11(4-9)22-2)23-7-12(16)21/h3-6H,7H2,1-2H3,(H2,16,21)(H2,17,19). The minimum Gasteiger partial charge on any atom is -0.493 e. The third-order valence-corrected chi connectivity index (χ3v) is 3.37. The lowest BCUT2D eigenvalue weighted by Gasteiger charge is -2.12. The van der Waals surface area contributed by atoms with Crippen molar-refractivity contribution in [3.05, 3.63) is 34.1 Å². The molecule has 1 aromatic heterocycles. The van der Waals surface area contributed by atoms with Crippen LogP contribution in [0.2, 0.25) is 0 Å². The fourth-order valence-electron chi connectivity index (χ4n) is 1.82. The number of nitrogens with zero attached hydrogens (tertiary/aromatic N) is 3. The van der Waals surface area contributed by atoms with Gasteiger partial charge < -0.3 is 20.9 Å². The maximum Gasteiger partial charge on any atom is 0.255 e. The monoisotopic (exact) mass is 381 g/mol. The Balaban J connectivity index is 2.28. The first-order chi connectivity index (χ1) is 10.9. The van der Waals surface area contributed by atoms with Crippen LogP contribution < -0.4 is 20.9 Å². The van der Waals surface area contributed by atoms with E-state index in [2.05, 4.69) is 26.0 Å². The summed E-state index contributed by atoms with van der Waals surface area (Å²) < 4.78 is 12.7. The van der Waals surface area contributed by atoms with Crippen LogP contribution in [0.5, 0.6) is 11.5 Å². The van der Waals surface area contributed by atoms with Gasteiger partial charge in [-0.05, 0) is 40.5 Å². The average molecular weight is 382 g/mol. The first kappa shape index (κ1) is 16.8. The lowest BCUT2D eigenvalue weighted by Crippen LogP contribution is -2.20. The number of amides is 1. The highest BCUT2D eigenvalue weighted by atomic mass is 79.9. The molecule has 0 spiro atoms. The van der Waals surface area contributed by atoms with Crippen LogP contribution in [0.3, 0.4) is 0 Å². The molecule has 0 atom stereocenters. The Labute approximate surface area is 141 Å². The maximum absolute atomic E-state index is 10.8. The van der Waals surface area contributed by atoms with Crippen LogP contribution in [0.1, 0.15) is 11.3 Å². The average Bonchev–Trinajstić information content (AvgIpc) is 2.81. The number of anilines is 1. The predicted octanol–water partition coefficient (Wildman–Crippen LogP) is 1.29. The van der Waals surface area contributed by atoms with Crippen molar-refractivity contribution in [1.82, 2.24) is 9.66 Å². The number of imidazole rings is 1. The van der Waals surface area contributed by atoms with Crippen LogP contribution >= 0.6 is 15.9 Å². The quantitative estimate of drug-likeness (QED) is 0.730. The third-order valence-electron chi connectivity index (χ3n) is 2.78. The van der Waals surface area contributed by atoms with Crippen molar-refractivity contribution in [1.29, 1.82) is 0 Å². The highest BCUT2D eigenvalue weighted by Crippen LogP contribution is 2.36. The number of hydrogen-bond donors (Lipinski definition) is 2. The molecule has 0 radical (unpaired) electrons. The molecular formula is C14H16BrN5O3. The highest BCUT2D eigenvalue weighted by Gasteiger charge is 2.12. The minimum atomic E-state index is -0.574. The molecule has 1 aromatic carbocycles. The molecule has 4 N–H and O–H groups in total. The second-order valence-electron chi connectivity index (χ2n) is 4.62. The van der Waals surface area contributed by atoms with Crippen molar-refractivity contribution < 1.29 is 14.3 Å². The minimum absolute atomic E-state index is 0.243. The molecule has 0 aliphatic rings. The van der Waals surface area contributed by atoms with Gasteiger partial charge in [-0.15, -0.1) is 0 Å². The fourth-order valence-corrected chi connectivity index (χ4v) is 2.40. The van der Waals surface area contributed by atoms with E-state index in [9.17, 15) is 4.79 Å². The van der Waals surface area contributed by atoms with E-state index >= 15 is 0 Å². The van der Waals surface area contributed by atoms with Gasteiger partial charge in [-0.1, -0.05) is 0 Å². The lowest BCUT2D eigenvalue weighted by molar-refractivity contribution is -0.119. The van der Waals surface area contributed by atoms with E-state index in [1.165, 1.54) is 11.8 Å². The first-order valence-corrected chi connectivity index (χ1v) is 7.34. The molecule has 0 saturated carbocycles. The number of carbonyl (C=O) groups is 1. The number of primary amides is 1. The Bertz CT molecular complexity index is 757. The van der Waals surface area contributed by atoms with E-state index in [-0.39, 0.29) is 6.61 Å². The van der Waals surface area contributed by atoms with Gasteiger partial charge in [0.2, 0.25) is 5.95 Å². The Morgan fingerprint density at radius 3 is 2.83 bits per heavy atom. The Morgan fingerprint density at radius 2 is 2.26 bits per heavy atom. The SMILES string of the molecule is COc1cc(C=Nn2cc(C)nc2N)cc(Br)c1OCC(N)=O. The molecule has 1 heterocycles. The second kappa shape index (κ2) is 7.14. The van der Waals surface area contributed by atoms with Gasteiger partial charge in [-0.3, -0.25) is 4.79 Å². The largest absolute Gasteiger partial charge is 0.493 e. The number of methoxy groups -OCH3 is 1. The van der Waals surface area contributed by atoms with Crippen molar-refractivity contribution in [2.75, 3.05) is 19.5 Å². The van der Waals surface area contributed by atoms with Crippen LogP contribution in [0.4, 0.5) is 5.95 Å². The van der Waals surface area contributed by atoms with Gasteiger partial charge in [0.05, 0.1) is 29.7 Å². The summed E-state index contributed by atoms with van der Waals surface area (Å²) in [6.07, 6.45) is 3.31. The summed E-state index contributed by atoms with van der Waals surface area (Å²) in [5.41, 5.74) is 12.3. The van der Waals surface area contributed by atoms with Crippen LogP contribution in [0.15, 0.2) is 27.9 Å². The zero-order valence-corrected chi connectivity index (χ0v) is 14.2. The topological polar surface area (TPSA) is 118 Å². The normalized spacial score (nSPS) is 10.9. The van der Waals surface area contributed by atoms with Crippen molar-refractivity contribution in [3.8, 4) is 11.5 Å². The maximum atomic E-state index is 10.8. The van der Waals surface area contributed by atoms with Gasteiger partial charge >= 0.3 is 0 Å². The van der Waals surface area contributed by atoms with E-state index in [0.29, 0.717) is 21.9 Å². The van der Waals surface area contributed by atoms with Gasteiger partial charge in [0.25, 0.3) is 5.91 Å². The lowest BCUT2D eigenvalue weighted by atomic mass is 10.2. The van der Waals surface area contributed by atoms with Crippen molar-refractivity contribution in [2.45, 2.75) is 6.92 Å². The summed E-state index contributed by atoms with van der Waals surface area (Å²) in [6, 6.07) is 3.48. The number of ether oxygens (including phenoxy) is 2. The Morgan fingerprint density at radius 1 is 1.52 bits per heavy atom. The number of benzene rings is 1. The molecular weight excluding hydrogens is 366 g/mol. The summed E-state index contributed by atoms with van der Waals surface area (Å²) in [6.45, 7) is 1.58. The van der Waals surface area contributed by atoms with Crippen LogP contribution in [0, 0.1) is 6.92 Å². The molecule has 0 fully saturated rings. The van der Waals surface area contributed by atoms with Gasteiger partial charge in [-0.2, -0.15) is 5.10 Å². The summed E-state index contributed by atoms with van der Waals surface area (Å²) >= 11 is 3.37. The van der Waals surface area contributed by atoms with Gasteiger partial charge in [0.15, 0.2) is 18.1 Å². The summed E-state index contributed by atoms with van der Waals surface area (Å²) in [4.78, 5) is 14.9. The van der Waals surface area contributed by atoms with Gasteiger partial charge in [-0.25, -0.2) is 9.66 Å². The number of carbonyl (C=O) groups excluding carboxylic acids is 1. The molecule has 2 aromatic rings. The van der Waals surface area contributed by atoms with Crippen molar-refractivity contribution in [2.24, 2.45) is 10.8 Å². The molecule has 23 heavy (non-hydrogen) atoms. The van der Waals surface area contributed by atoms with Gasteiger partial charge in [0.1, 0.15) is 0 Å². The molecule has 0 saturated heterocycles. The van der Waals surface area contributed by atoms with E-state index in [0.717, 1.165) is 11.3 Å². The fraction of sp³-hybridized carbons (Fsp3) is 0.214. The number of rotatable bonds is 6. The molecule has 0 bridgehead atoms.